The molecule has 0 atom stereocenters. The zero-order valence-electron chi connectivity index (χ0n) is 11.5. The molecule has 112 valence electrons. The molecule has 0 N–H and O–H groups in total. The van der Waals surface area contributed by atoms with Gasteiger partial charge < -0.3 is 0 Å². The number of halogens is 1. The molecule has 22 heavy (non-hydrogen) atoms. The van der Waals surface area contributed by atoms with E-state index in [1.807, 2.05) is 13.0 Å². The van der Waals surface area contributed by atoms with Gasteiger partial charge in [0.25, 0.3) is 0 Å². The molecule has 0 saturated carbocycles. The third kappa shape index (κ3) is 3.93. The van der Waals surface area contributed by atoms with Gasteiger partial charge in [-0.3, -0.25) is 4.28 Å². The van der Waals surface area contributed by atoms with Crippen LogP contribution in [-0.2, 0) is 14.4 Å². The van der Waals surface area contributed by atoms with Gasteiger partial charge in [-0.2, -0.15) is 13.7 Å². The summed E-state index contributed by atoms with van der Waals surface area (Å²) in [6.45, 7) is 1.84. The topological polar surface area (TPSA) is 79.5 Å². The summed E-state index contributed by atoms with van der Waals surface area (Å²) in [7, 11) is -4.05. The quantitative estimate of drug-likeness (QED) is 0.603. The molecule has 5 nitrogen and oxygen atoms in total. The number of hydrogen-bond donors (Lipinski definition) is 0. The minimum Gasteiger partial charge on any atom is -0.263 e. The van der Waals surface area contributed by atoms with Crippen LogP contribution in [0.5, 0.6) is 0 Å². The normalized spacial score (nSPS) is 11.8. The molecule has 7 heteroatoms. The Kier molecular flexibility index (Phi) is 4.96. The molecule has 0 unspecified atom stereocenters. The fourth-order valence-electron chi connectivity index (χ4n) is 1.58. The summed E-state index contributed by atoms with van der Waals surface area (Å²) < 4.78 is 29.5. The van der Waals surface area contributed by atoms with Crippen LogP contribution in [0.2, 0.25) is 0 Å². The Hall–Kier alpha value is -2.17. The lowest BCUT2D eigenvalue weighted by Crippen LogP contribution is -2.06. The predicted octanol–water partition coefficient (Wildman–Crippen LogP) is 3.39. The summed E-state index contributed by atoms with van der Waals surface area (Å²) in [5, 5.41) is 12.6. The Morgan fingerprint density at radius 3 is 2.27 bits per heavy atom. The van der Waals surface area contributed by atoms with E-state index in [1.165, 1.54) is 12.1 Å². The Balaban J connectivity index is 2.26. The summed E-state index contributed by atoms with van der Waals surface area (Å²) in [5.74, 6) is 0. The lowest BCUT2D eigenvalue weighted by atomic mass is 10.1. The van der Waals surface area contributed by atoms with Crippen molar-refractivity contribution in [3.63, 3.8) is 0 Å². The molecule has 0 bridgehead atoms. The number of benzene rings is 2. The number of oxime groups is 1. The maximum Gasteiger partial charge on any atom is 0.358 e. The molecule has 2 rings (SSSR count). The summed E-state index contributed by atoms with van der Waals surface area (Å²) in [6, 6.07) is 14.7. The SMILES string of the molecule is Cc1ccc(S(=O)(=O)O/N=C(/C#N)c2ccc(Br)cc2)cc1. The smallest absolute Gasteiger partial charge is 0.263 e. The van der Waals surface area contributed by atoms with Gasteiger partial charge in [-0.25, -0.2) is 0 Å². The molecular weight excluding hydrogens is 368 g/mol. The minimum absolute atomic E-state index is 0.0186. The second-order valence-corrected chi connectivity index (χ2v) is 6.84. The lowest BCUT2D eigenvalue weighted by Gasteiger charge is -2.03. The molecule has 0 aliphatic heterocycles. The fraction of sp³-hybridized carbons (Fsp3) is 0.0667. The van der Waals surface area contributed by atoms with Crippen molar-refractivity contribution in [3.05, 3.63) is 64.1 Å². The molecule has 0 aliphatic rings. The van der Waals surface area contributed by atoms with E-state index in [0.717, 1.165) is 10.0 Å². The Bertz CT molecular complexity index is 836. The molecule has 0 amide bonds. The van der Waals surface area contributed by atoms with Crippen LogP contribution in [0.1, 0.15) is 11.1 Å². The average Bonchev–Trinajstić information content (AvgIpc) is 2.50. The largest absolute Gasteiger partial charge is 0.358 e. The van der Waals surface area contributed by atoms with Crippen molar-refractivity contribution in [2.45, 2.75) is 11.8 Å². The van der Waals surface area contributed by atoms with Gasteiger partial charge in [0, 0.05) is 10.0 Å². The van der Waals surface area contributed by atoms with Crippen molar-refractivity contribution >= 4 is 31.8 Å². The van der Waals surface area contributed by atoms with Gasteiger partial charge in [0.1, 0.15) is 11.0 Å². The first-order valence-corrected chi connectivity index (χ1v) is 8.37. The Labute approximate surface area is 137 Å². The van der Waals surface area contributed by atoms with E-state index in [-0.39, 0.29) is 10.6 Å². The van der Waals surface area contributed by atoms with E-state index >= 15 is 0 Å². The monoisotopic (exact) mass is 378 g/mol. The van der Waals surface area contributed by atoms with Crippen LogP contribution in [0.25, 0.3) is 0 Å². The highest BCUT2D eigenvalue weighted by Gasteiger charge is 2.16. The second-order valence-electron chi connectivity index (χ2n) is 4.40. The van der Waals surface area contributed by atoms with E-state index in [4.69, 9.17) is 5.26 Å². The molecule has 0 heterocycles. The zero-order valence-corrected chi connectivity index (χ0v) is 13.9. The van der Waals surface area contributed by atoms with Crippen LogP contribution >= 0.6 is 15.9 Å². The maximum absolute atomic E-state index is 12.0. The molecule has 0 spiro atoms. The maximum atomic E-state index is 12.0. The van der Waals surface area contributed by atoms with Crippen molar-refractivity contribution in [2.75, 3.05) is 0 Å². The molecule has 2 aromatic rings. The van der Waals surface area contributed by atoms with Crippen LogP contribution in [0.15, 0.2) is 63.1 Å². The predicted molar refractivity (Wildman–Crippen MR) is 85.7 cm³/mol. The Morgan fingerprint density at radius 1 is 1.14 bits per heavy atom. The van der Waals surface area contributed by atoms with Crippen molar-refractivity contribution in [1.82, 2.24) is 0 Å². The zero-order chi connectivity index (χ0) is 16.2. The van der Waals surface area contributed by atoms with Crippen LogP contribution in [0.3, 0.4) is 0 Å². The first-order valence-electron chi connectivity index (χ1n) is 6.17. The highest BCUT2D eigenvalue weighted by Crippen LogP contribution is 2.15. The van der Waals surface area contributed by atoms with Crippen molar-refractivity contribution in [3.8, 4) is 6.07 Å². The van der Waals surface area contributed by atoms with Gasteiger partial charge >= 0.3 is 10.1 Å². The van der Waals surface area contributed by atoms with Crippen molar-refractivity contribution in [1.29, 1.82) is 5.26 Å². The molecule has 0 saturated heterocycles. The van der Waals surface area contributed by atoms with Gasteiger partial charge in [-0.05, 0) is 31.2 Å². The third-order valence-corrected chi connectivity index (χ3v) is 4.41. The first-order chi connectivity index (χ1) is 10.4. The fourth-order valence-corrected chi connectivity index (χ4v) is 2.57. The number of rotatable bonds is 4. The van der Waals surface area contributed by atoms with E-state index in [0.29, 0.717) is 5.56 Å². The summed E-state index contributed by atoms with van der Waals surface area (Å²) in [5.41, 5.74) is 1.27. The molecule has 0 radical (unpaired) electrons. The third-order valence-electron chi connectivity index (χ3n) is 2.76. The van der Waals surface area contributed by atoms with E-state index in [1.54, 1.807) is 36.4 Å². The van der Waals surface area contributed by atoms with Gasteiger partial charge in [-0.15, -0.1) is 0 Å². The van der Waals surface area contributed by atoms with E-state index < -0.39 is 10.1 Å². The van der Waals surface area contributed by atoms with Crippen LogP contribution in [-0.4, -0.2) is 14.1 Å². The highest BCUT2D eigenvalue weighted by molar-refractivity contribution is 9.10. The first kappa shape index (κ1) is 16.2. The molecule has 0 aliphatic carbocycles. The van der Waals surface area contributed by atoms with Gasteiger partial charge in [0.15, 0.2) is 5.71 Å². The van der Waals surface area contributed by atoms with E-state index in [2.05, 4.69) is 25.4 Å². The van der Waals surface area contributed by atoms with Gasteiger partial charge in [-0.1, -0.05) is 50.9 Å². The van der Waals surface area contributed by atoms with Crippen LogP contribution < -0.4 is 0 Å². The summed E-state index contributed by atoms with van der Waals surface area (Å²) >= 11 is 3.27. The van der Waals surface area contributed by atoms with Crippen molar-refractivity contribution < 1.29 is 12.7 Å². The molecule has 2 aromatic carbocycles. The molecular formula is C15H11BrN2O3S. The highest BCUT2D eigenvalue weighted by atomic mass is 79.9. The van der Waals surface area contributed by atoms with Crippen molar-refractivity contribution in [2.24, 2.45) is 5.16 Å². The minimum atomic E-state index is -4.05. The second kappa shape index (κ2) is 6.73. The van der Waals surface area contributed by atoms with Crippen LogP contribution in [0.4, 0.5) is 0 Å². The molecule has 0 fully saturated rings. The Morgan fingerprint density at radius 2 is 1.73 bits per heavy atom. The van der Waals surface area contributed by atoms with Gasteiger partial charge in [0.2, 0.25) is 0 Å². The number of hydrogen-bond acceptors (Lipinski definition) is 5. The number of aryl methyl sites for hydroxylation is 1. The van der Waals surface area contributed by atoms with Crippen LogP contribution in [0, 0.1) is 18.3 Å². The summed E-state index contributed by atoms with van der Waals surface area (Å²) in [6.07, 6.45) is 0. The standard InChI is InChI=1S/C15H11BrN2O3S/c1-11-2-8-14(9-3-11)22(19,20)21-18-15(10-17)12-4-6-13(16)7-5-12/h2-9H,1H3/b18-15-. The average molecular weight is 379 g/mol. The molecule has 0 aromatic heterocycles. The number of nitrogens with zero attached hydrogens (tertiary/aromatic N) is 2. The lowest BCUT2D eigenvalue weighted by molar-refractivity contribution is 0.339. The van der Waals surface area contributed by atoms with E-state index in [9.17, 15) is 8.42 Å². The van der Waals surface area contributed by atoms with Gasteiger partial charge in [0.05, 0.1) is 0 Å². The number of nitriles is 1. The summed E-state index contributed by atoms with van der Waals surface area (Å²) in [4.78, 5) is -0.0186.